The summed E-state index contributed by atoms with van der Waals surface area (Å²) in [6.07, 6.45) is -0.582. The standard InChI is InChI=1S/C5H4Cl2O2/c6-2-1-5(3-7)9-4-8/h4-5H,3H2. The van der Waals surface area contributed by atoms with Crippen molar-refractivity contribution in [1.82, 2.24) is 0 Å². The van der Waals surface area contributed by atoms with E-state index in [0.29, 0.717) is 0 Å². The molecule has 0 amide bonds. The van der Waals surface area contributed by atoms with Crippen molar-refractivity contribution in [2.24, 2.45) is 0 Å². The van der Waals surface area contributed by atoms with Gasteiger partial charge < -0.3 is 4.74 Å². The summed E-state index contributed by atoms with van der Waals surface area (Å²) in [5.41, 5.74) is 0. The molecule has 0 aromatic rings. The van der Waals surface area contributed by atoms with E-state index in [1.54, 1.807) is 0 Å². The first-order valence-electron chi connectivity index (χ1n) is 2.11. The van der Waals surface area contributed by atoms with Gasteiger partial charge in [0, 0.05) is 5.38 Å². The molecule has 0 aliphatic rings. The lowest BCUT2D eigenvalue weighted by molar-refractivity contribution is -0.130. The third kappa shape index (κ3) is 4.14. The van der Waals surface area contributed by atoms with Gasteiger partial charge >= 0.3 is 0 Å². The summed E-state index contributed by atoms with van der Waals surface area (Å²) in [6, 6.07) is 0. The second-order valence-electron chi connectivity index (χ2n) is 1.11. The summed E-state index contributed by atoms with van der Waals surface area (Å²) < 4.78 is 4.36. The Balaban J connectivity index is 3.62. The highest BCUT2D eigenvalue weighted by Gasteiger charge is 1.99. The van der Waals surface area contributed by atoms with Crippen LogP contribution in [-0.2, 0) is 9.53 Å². The fraction of sp³-hybridized carbons (Fsp3) is 0.400. The van der Waals surface area contributed by atoms with Crippen molar-refractivity contribution in [3.8, 4) is 11.3 Å². The number of rotatable bonds is 3. The predicted octanol–water partition coefficient (Wildman–Crippen LogP) is 0.967. The van der Waals surface area contributed by atoms with Crippen LogP contribution in [0.2, 0.25) is 0 Å². The van der Waals surface area contributed by atoms with E-state index in [-0.39, 0.29) is 12.4 Å². The topological polar surface area (TPSA) is 26.3 Å². The number of halogens is 2. The van der Waals surface area contributed by atoms with Gasteiger partial charge in [0.25, 0.3) is 6.47 Å². The van der Waals surface area contributed by atoms with Crippen molar-refractivity contribution < 1.29 is 9.53 Å². The monoisotopic (exact) mass is 166 g/mol. The number of alkyl halides is 1. The fourth-order valence-electron chi connectivity index (χ4n) is 0.237. The Morgan fingerprint density at radius 2 is 2.44 bits per heavy atom. The van der Waals surface area contributed by atoms with Gasteiger partial charge in [-0.05, 0) is 17.5 Å². The minimum atomic E-state index is -0.582. The maximum Gasteiger partial charge on any atom is 0.294 e. The van der Waals surface area contributed by atoms with Crippen LogP contribution in [0, 0.1) is 11.3 Å². The molecule has 50 valence electrons. The highest BCUT2D eigenvalue weighted by atomic mass is 35.5. The van der Waals surface area contributed by atoms with Gasteiger partial charge in [0.2, 0.25) is 0 Å². The summed E-state index contributed by atoms with van der Waals surface area (Å²) in [7, 11) is 0. The molecule has 0 aromatic carbocycles. The van der Waals surface area contributed by atoms with Crippen LogP contribution in [0.4, 0.5) is 0 Å². The molecular weight excluding hydrogens is 163 g/mol. The number of ether oxygens (including phenoxy) is 1. The van der Waals surface area contributed by atoms with E-state index in [4.69, 9.17) is 23.2 Å². The normalized spacial score (nSPS) is 10.9. The second-order valence-corrected chi connectivity index (χ2v) is 1.61. The van der Waals surface area contributed by atoms with Gasteiger partial charge in [-0.25, -0.2) is 0 Å². The number of carbonyl (C=O) groups is 1. The molecule has 0 aliphatic carbocycles. The zero-order valence-electron chi connectivity index (χ0n) is 4.43. The molecule has 0 aromatic heterocycles. The molecule has 0 N–H and O–H groups in total. The van der Waals surface area contributed by atoms with Crippen molar-refractivity contribution in [3.63, 3.8) is 0 Å². The van der Waals surface area contributed by atoms with Crippen molar-refractivity contribution in [1.29, 1.82) is 0 Å². The zero-order valence-corrected chi connectivity index (χ0v) is 5.95. The molecule has 1 atom stereocenters. The molecule has 0 fully saturated rings. The van der Waals surface area contributed by atoms with E-state index in [9.17, 15) is 4.79 Å². The Hall–Kier alpha value is -0.390. The third-order valence-corrected chi connectivity index (χ3v) is 0.965. The van der Waals surface area contributed by atoms with Gasteiger partial charge in [-0.3, -0.25) is 4.79 Å². The quantitative estimate of drug-likeness (QED) is 0.355. The lowest BCUT2D eigenvalue weighted by Crippen LogP contribution is -2.10. The van der Waals surface area contributed by atoms with Crippen molar-refractivity contribution in [3.05, 3.63) is 0 Å². The fourth-order valence-corrected chi connectivity index (χ4v) is 0.508. The van der Waals surface area contributed by atoms with E-state index >= 15 is 0 Å². The van der Waals surface area contributed by atoms with Crippen LogP contribution < -0.4 is 0 Å². The predicted molar refractivity (Wildman–Crippen MR) is 35.3 cm³/mol. The molecule has 0 radical (unpaired) electrons. The second kappa shape index (κ2) is 5.74. The Kier molecular flexibility index (Phi) is 5.49. The molecule has 0 bridgehead atoms. The highest BCUT2D eigenvalue weighted by Crippen LogP contribution is 1.90. The van der Waals surface area contributed by atoms with Crippen molar-refractivity contribution >= 4 is 29.7 Å². The van der Waals surface area contributed by atoms with E-state index in [1.165, 1.54) is 0 Å². The van der Waals surface area contributed by atoms with Crippen LogP contribution in [-0.4, -0.2) is 18.5 Å². The molecule has 9 heavy (non-hydrogen) atoms. The van der Waals surface area contributed by atoms with Crippen LogP contribution in [0.15, 0.2) is 0 Å². The maximum atomic E-state index is 9.66. The molecule has 0 saturated heterocycles. The molecule has 0 saturated carbocycles. The van der Waals surface area contributed by atoms with E-state index in [0.717, 1.165) is 0 Å². The molecule has 4 heteroatoms. The zero-order chi connectivity index (χ0) is 7.11. The highest BCUT2D eigenvalue weighted by molar-refractivity contribution is 6.30. The van der Waals surface area contributed by atoms with Gasteiger partial charge in [0.05, 0.1) is 5.88 Å². The summed E-state index contributed by atoms with van der Waals surface area (Å²) in [5, 5.41) is 2.06. The number of carbonyl (C=O) groups excluding carboxylic acids is 1. The summed E-state index contributed by atoms with van der Waals surface area (Å²) in [5.74, 6) is 2.50. The molecule has 1 unspecified atom stereocenters. The first kappa shape index (κ1) is 8.61. The molecule has 0 rings (SSSR count). The van der Waals surface area contributed by atoms with Gasteiger partial charge in [-0.1, -0.05) is 0 Å². The molecule has 0 heterocycles. The van der Waals surface area contributed by atoms with Crippen LogP contribution in [0.1, 0.15) is 0 Å². The minimum absolute atomic E-state index is 0.137. The van der Waals surface area contributed by atoms with Crippen LogP contribution in [0.5, 0.6) is 0 Å². The average Bonchev–Trinajstić information content (AvgIpc) is 1.88. The van der Waals surface area contributed by atoms with Crippen LogP contribution in [0.25, 0.3) is 0 Å². The summed E-state index contributed by atoms with van der Waals surface area (Å²) in [4.78, 5) is 9.66. The van der Waals surface area contributed by atoms with Crippen LogP contribution >= 0.6 is 23.2 Å². The van der Waals surface area contributed by atoms with Gasteiger partial charge in [0.15, 0.2) is 6.10 Å². The average molecular weight is 167 g/mol. The first-order chi connectivity index (χ1) is 4.35. The Morgan fingerprint density at radius 3 is 2.78 bits per heavy atom. The number of hydrogen-bond acceptors (Lipinski definition) is 2. The smallest absolute Gasteiger partial charge is 0.294 e. The van der Waals surface area contributed by atoms with E-state index < -0.39 is 6.10 Å². The lowest BCUT2D eigenvalue weighted by Gasteiger charge is -2.00. The van der Waals surface area contributed by atoms with Crippen molar-refractivity contribution in [2.45, 2.75) is 6.10 Å². The van der Waals surface area contributed by atoms with E-state index in [2.05, 4.69) is 16.0 Å². The molecule has 0 aliphatic heterocycles. The first-order valence-corrected chi connectivity index (χ1v) is 3.02. The lowest BCUT2D eigenvalue weighted by atomic mass is 10.4. The largest absolute Gasteiger partial charge is 0.450 e. The number of hydrogen-bond donors (Lipinski definition) is 0. The van der Waals surface area contributed by atoms with Gasteiger partial charge in [0.1, 0.15) is 0 Å². The Bertz CT molecular complexity index is 136. The van der Waals surface area contributed by atoms with Gasteiger partial charge in [-0.15, -0.1) is 11.6 Å². The van der Waals surface area contributed by atoms with E-state index in [1.807, 2.05) is 0 Å². The van der Waals surface area contributed by atoms with Gasteiger partial charge in [-0.2, -0.15) is 0 Å². The molecular formula is C5H4Cl2O2. The Labute approximate surface area is 63.1 Å². The molecule has 0 spiro atoms. The summed E-state index contributed by atoms with van der Waals surface area (Å²) >= 11 is 10.3. The molecule has 2 nitrogen and oxygen atoms in total. The maximum absolute atomic E-state index is 9.66. The van der Waals surface area contributed by atoms with Crippen LogP contribution in [0.3, 0.4) is 0 Å². The third-order valence-electron chi connectivity index (χ3n) is 0.576. The van der Waals surface area contributed by atoms with Crippen molar-refractivity contribution in [2.75, 3.05) is 5.88 Å². The Morgan fingerprint density at radius 1 is 1.78 bits per heavy atom. The summed E-state index contributed by atoms with van der Waals surface area (Å²) in [6.45, 7) is 0.286. The minimum Gasteiger partial charge on any atom is -0.450 e. The SMILES string of the molecule is O=COC(C#CCl)CCl.